The fraction of sp³-hybridized carbons (Fsp3) is 0.500. The molecule has 0 radical (unpaired) electrons. The Kier molecular flexibility index (Phi) is 10.6. The van der Waals surface area contributed by atoms with Gasteiger partial charge in [0.05, 0.1) is 0 Å². The van der Waals surface area contributed by atoms with E-state index in [0.717, 1.165) is 4.68 Å². The van der Waals surface area contributed by atoms with Crippen LogP contribution >= 0.6 is 35.0 Å². The molecule has 0 saturated heterocycles. The first kappa shape index (κ1) is 24.5. The Morgan fingerprint density at radius 1 is 1.31 bits per heavy atom. The smallest absolute Gasteiger partial charge is 0.295 e. The van der Waals surface area contributed by atoms with Crippen LogP contribution in [0.2, 0.25) is 0 Å². The molecule has 0 aliphatic rings. The van der Waals surface area contributed by atoms with Gasteiger partial charge in [-0.15, -0.1) is 23.4 Å². The lowest BCUT2D eigenvalue weighted by Crippen LogP contribution is -2.37. The summed E-state index contributed by atoms with van der Waals surface area (Å²) in [5.74, 6) is 5.25. The van der Waals surface area contributed by atoms with Crippen LogP contribution in [-0.4, -0.2) is 49.9 Å². The maximum Gasteiger partial charge on any atom is 0.295 e. The standard InChI is InChI=1S/C8H11Cl2NO.C8H14N4OS/c1-3-5-11(6-4-2)8(12)7(9)10;1-8(2,3)5-6(13)12(9)7(14-4)11-10-5/h3-4,7H,1-2,5-6H2;9H2,1-4H3. The average molecular weight is 422 g/mol. The zero-order chi connectivity index (χ0) is 20.5. The van der Waals surface area contributed by atoms with Gasteiger partial charge in [-0.05, 0) is 6.26 Å². The van der Waals surface area contributed by atoms with E-state index in [9.17, 15) is 9.59 Å². The number of rotatable bonds is 6. The highest BCUT2D eigenvalue weighted by molar-refractivity contribution is 7.98. The minimum Gasteiger partial charge on any atom is -0.334 e. The molecule has 0 atom stereocenters. The number of amides is 1. The van der Waals surface area contributed by atoms with Crippen molar-refractivity contribution in [3.8, 4) is 0 Å². The number of carbonyl (C=O) groups excluding carboxylic acids is 1. The van der Waals surface area contributed by atoms with Crippen molar-refractivity contribution in [3.05, 3.63) is 41.4 Å². The molecule has 1 amide bonds. The molecule has 2 N–H and O–H groups in total. The summed E-state index contributed by atoms with van der Waals surface area (Å²) in [5, 5.41) is 8.19. The van der Waals surface area contributed by atoms with Gasteiger partial charge in [0.15, 0.2) is 4.84 Å². The maximum atomic E-state index is 11.7. The third kappa shape index (κ3) is 7.39. The molecular weight excluding hydrogens is 397 g/mol. The van der Waals surface area contributed by atoms with Crippen molar-refractivity contribution in [2.75, 3.05) is 25.2 Å². The summed E-state index contributed by atoms with van der Waals surface area (Å²) in [5.41, 5.74) is -0.225. The van der Waals surface area contributed by atoms with Crippen molar-refractivity contribution < 1.29 is 4.79 Å². The van der Waals surface area contributed by atoms with E-state index < -0.39 is 4.84 Å². The van der Waals surface area contributed by atoms with Crippen molar-refractivity contribution in [2.24, 2.45) is 0 Å². The van der Waals surface area contributed by atoms with Gasteiger partial charge in [-0.3, -0.25) is 9.59 Å². The van der Waals surface area contributed by atoms with E-state index in [1.165, 1.54) is 16.7 Å². The van der Waals surface area contributed by atoms with Crippen LogP contribution in [0.1, 0.15) is 26.5 Å². The number of alkyl halides is 2. The van der Waals surface area contributed by atoms with Gasteiger partial charge in [-0.25, -0.2) is 0 Å². The molecule has 7 nitrogen and oxygen atoms in total. The number of nitrogens with zero attached hydrogens (tertiary/aromatic N) is 4. The van der Waals surface area contributed by atoms with Crippen LogP contribution in [0.25, 0.3) is 0 Å². The first-order valence-electron chi connectivity index (χ1n) is 7.59. The van der Waals surface area contributed by atoms with Crippen molar-refractivity contribution in [1.82, 2.24) is 19.8 Å². The fourth-order valence-corrected chi connectivity index (χ4v) is 2.38. The summed E-state index contributed by atoms with van der Waals surface area (Å²) >= 11 is 12.1. The number of aromatic nitrogens is 3. The number of hydrogen-bond donors (Lipinski definition) is 1. The van der Waals surface area contributed by atoms with Crippen molar-refractivity contribution in [1.29, 1.82) is 0 Å². The Morgan fingerprint density at radius 3 is 2.15 bits per heavy atom. The Labute approximate surface area is 168 Å². The molecule has 10 heteroatoms. The van der Waals surface area contributed by atoms with Crippen LogP contribution in [0.4, 0.5) is 0 Å². The number of thioether (sulfide) groups is 1. The van der Waals surface area contributed by atoms with Gasteiger partial charge in [0.1, 0.15) is 5.69 Å². The zero-order valence-corrected chi connectivity index (χ0v) is 17.7. The van der Waals surface area contributed by atoms with E-state index in [1.807, 2.05) is 20.8 Å². The van der Waals surface area contributed by atoms with Crippen LogP contribution in [0.15, 0.2) is 35.3 Å². The maximum absolute atomic E-state index is 11.7. The molecule has 1 heterocycles. The van der Waals surface area contributed by atoms with Crippen molar-refractivity contribution in [2.45, 2.75) is 36.2 Å². The van der Waals surface area contributed by atoms with Gasteiger partial charge in [0.2, 0.25) is 5.16 Å². The normalized spacial score (nSPS) is 10.7. The highest BCUT2D eigenvalue weighted by Crippen LogP contribution is 2.16. The number of nitrogens with two attached hydrogens (primary N) is 1. The molecule has 26 heavy (non-hydrogen) atoms. The highest BCUT2D eigenvalue weighted by atomic mass is 35.5. The van der Waals surface area contributed by atoms with E-state index in [0.29, 0.717) is 23.9 Å². The van der Waals surface area contributed by atoms with Gasteiger partial charge in [0, 0.05) is 18.5 Å². The molecule has 0 unspecified atom stereocenters. The third-order valence-electron chi connectivity index (χ3n) is 2.95. The van der Waals surface area contributed by atoms with E-state index in [4.69, 9.17) is 29.0 Å². The van der Waals surface area contributed by atoms with E-state index in [1.54, 1.807) is 18.4 Å². The molecule has 0 aliphatic carbocycles. The van der Waals surface area contributed by atoms with Gasteiger partial charge in [-0.1, -0.05) is 67.9 Å². The predicted octanol–water partition coefficient (Wildman–Crippen LogP) is 2.36. The van der Waals surface area contributed by atoms with Gasteiger partial charge in [-0.2, -0.15) is 4.68 Å². The molecule has 1 aromatic heterocycles. The Hall–Kier alpha value is -1.51. The molecule has 0 aromatic carbocycles. The second-order valence-electron chi connectivity index (χ2n) is 6.08. The summed E-state index contributed by atoms with van der Waals surface area (Å²) in [4.78, 5) is 23.4. The van der Waals surface area contributed by atoms with E-state index >= 15 is 0 Å². The highest BCUT2D eigenvalue weighted by Gasteiger charge is 2.22. The van der Waals surface area contributed by atoms with Gasteiger partial charge in [0.25, 0.3) is 11.5 Å². The molecule has 0 aliphatic heterocycles. The molecular formula is C16H25Cl2N5O2S. The molecule has 1 rings (SSSR count). The fourth-order valence-electron chi connectivity index (χ4n) is 1.70. The summed E-state index contributed by atoms with van der Waals surface area (Å²) in [7, 11) is 0. The minimum absolute atomic E-state index is 0.281. The van der Waals surface area contributed by atoms with Gasteiger partial charge < -0.3 is 10.7 Å². The van der Waals surface area contributed by atoms with Crippen LogP contribution in [0.5, 0.6) is 0 Å². The summed E-state index contributed by atoms with van der Waals surface area (Å²) in [6.07, 6.45) is 5.01. The molecule has 0 bridgehead atoms. The number of carbonyl (C=O) groups is 1. The molecule has 0 spiro atoms. The minimum atomic E-state index is -1.01. The average Bonchev–Trinajstić information content (AvgIpc) is 2.55. The van der Waals surface area contributed by atoms with Crippen LogP contribution in [-0.2, 0) is 10.2 Å². The van der Waals surface area contributed by atoms with E-state index in [2.05, 4.69) is 23.4 Å². The monoisotopic (exact) mass is 421 g/mol. The molecule has 0 saturated carbocycles. The topological polar surface area (TPSA) is 94.1 Å². The molecule has 146 valence electrons. The summed E-state index contributed by atoms with van der Waals surface area (Å²) in [6, 6.07) is 0. The van der Waals surface area contributed by atoms with Crippen LogP contribution in [0.3, 0.4) is 0 Å². The van der Waals surface area contributed by atoms with E-state index in [-0.39, 0.29) is 16.9 Å². The predicted molar refractivity (Wildman–Crippen MR) is 109 cm³/mol. The first-order chi connectivity index (χ1) is 12.0. The Morgan fingerprint density at radius 2 is 1.81 bits per heavy atom. The van der Waals surface area contributed by atoms with Crippen molar-refractivity contribution >= 4 is 40.9 Å². The quantitative estimate of drug-likeness (QED) is 0.327. The Balaban J connectivity index is 0.000000488. The number of halogens is 2. The third-order valence-corrected chi connectivity index (χ3v) is 3.97. The lowest BCUT2D eigenvalue weighted by Gasteiger charge is -2.19. The van der Waals surface area contributed by atoms with Gasteiger partial charge >= 0.3 is 0 Å². The van der Waals surface area contributed by atoms with Crippen LogP contribution in [0, 0.1) is 0 Å². The number of hydrogen-bond acceptors (Lipinski definition) is 6. The Bertz CT molecular complexity index is 676. The first-order valence-corrected chi connectivity index (χ1v) is 9.69. The zero-order valence-electron chi connectivity index (χ0n) is 15.4. The summed E-state index contributed by atoms with van der Waals surface area (Å²) in [6.45, 7) is 13.6. The lowest BCUT2D eigenvalue weighted by atomic mass is 9.93. The number of nitrogen functional groups attached to an aromatic ring is 1. The largest absolute Gasteiger partial charge is 0.334 e. The molecule has 0 fully saturated rings. The SMILES string of the molecule is C=CCN(CC=C)C(=O)C(Cl)Cl.CSc1nnc(C(C)(C)C)c(=O)n1N. The summed E-state index contributed by atoms with van der Waals surface area (Å²) < 4.78 is 1.04. The molecule has 1 aromatic rings. The van der Waals surface area contributed by atoms with Crippen LogP contribution < -0.4 is 11.4 Å². The second kappa shape index (κ2) is 11.3. The van der Waals surface area contributed by atoms with Crippen molar-refractivity contribution in [3.63, 3.8) is 0 Å². The lowest BCUT2D eigenvalue weighted by molar-refractivity contribution is -0.128. The second-order valence-corrected chi connectivity index (χ2v) is 7.95.